The molecule has 1 rings (SSSR count). The maximum Gasteiger partial charge on any atom is 0.304 e. The Bertz CT molecular complexity index is 109. The van der Waals surface area contributed by atoms with Gasteiger partial charge in [0.2, 0.25) is 6.29 Å². The van der Waals surface area contributed by atoms with E-state index in [4.69, 9.17) is 8.92 Å². The summed E-state index contributed by atoms with van der Waals surface area (Å²) in [5.41, 5.74) is 0. The summed E-state index contributed by atoms with van der Waals surface area (Å²) in [7, 11) is 0. The highest BCUT2D eigenvalue weighted by Crippen LogP contribution is 2.21. The number of hydrogen-bond donors (Lipinski definition) is 0. The molecule has 0 radical (unpaired) electrons. The van der Waals surface area contributed by atoms with Gasteiger partial charge in [-0.25, -0.2) is 0 Å². The molecule has 0 bridgehead atoms. The first-order valence-corrected chi connectivity index (χ1v) is 3.65. The molecule has 4 heteroatoms. The Morgan fingerprint density at radius 3 is 3.11 bits per heavy atom. The van der Waals surface area contributed by atoms with E-state index < -0.39 is 0 Å². The summed E-state index contributed by atoms with van der Waals surface area (Å²) in [6.07, 6.45) is 0.511. The summed E-state index contributed by atoms with van der Waals surface area (Å²) in [5, 5.41) is 0. The quantitative estimate of drug-likeness (QED) is 0.409. The summed E-state index contributed by atoms with van der Waals surface area (Å²) in [4.78, 5) is 10.3. The van der Waals surface area contributed by atoms with Crippen molar-refractivity contribution in [3.63, 3.8) is 0 Å². The van der Waals surface area contributed by atoms with Crippen molar-refractivity contribution >= 4 is 18.0 Å². The number of carbonyl (C=O) groups is 1. The summed E-state index contributed by atoms with van der Waals surface area (Å²) in [5.74, 6) is 0.639. The molecule has 0 saturated carbocycles. The number of rotatable bonds is 1. The van der Waals surface area contributed by atoms with E-state index in [0.29, 0.717) is 0 Å². The van der Waals surface area contributed by atoms with Gasteiger partial charge in [-0.15, -0.1) is 0 Å². The van der Waals surface area contributed by atoms with E-state index in [0.717, 1.165) is 12.2 Å². The lowest BCUT2D eigenvalue weighted by Gasteiger charge is -2.05. The van der Waals surface area contributed by atoms with Crippen LogP contribution in [0.1, 0.15) is 13.3 Å². The molecule has 1 fully saturated rings. The van der Waals surface area contributed by atoms with Crippen LogP contribution in [-0.4, -0.2) is 18.0 Å². The van der Waals surface area contributed by atoms with Crippen molar-refractivity contribution < 1.29 is 13.7 Å². The first-order chi connectivity index (χ1) is 4.29. The molecule has 0 aromatic rings. The molecule has 9 heavy (non-hydrogen) atoms. The van der Waals surface area contributed by atoms with Crippen molar-refractivity contribution in [2.45, 2.75) is 19.6 Å². The molecule has 1 heterocycles. The van der Waals surface area contributed by atoms with Crippen LogP contribution < -0.4 is 0 Å². The normalized spacial score (nSPS) is 26.1. The van der Waals surface area contributed by atoms with Crippen LogP contribution in [0.2, 0.25) is 0 Å². The topological polar surface area (TPSA) is 35.5 Å². The third-order valence-electron chi connectivity index (χ3n) is 0.910. The molecule has 0 aromatic heterocycles. The Hall–Kier alpha value is -0.220. The van der Waals surface area contributed by atoms with Crippen molar-refractivity contribution in [2.24, 2.45) is 0 Å². The van der Waals surface area contributed by atoms with Crippen LogP contribution in [0.3, 0.4) is 0 Å². The SMILES string of the molecule is CC(=O)OC1CCSO1. The van der Waals surface area contributed by atoms with E-state index in [-0.39, 0.29) is 12.3 Å². The van der Waals surface area contributed by atoms with E-state index in [9.17, 15) is 4.79 Å². The minimum atomic E-state index is -0.299. The van der Waals surface area contributed by atoms with E-state index in [1.807, 2.05) is 0 Å². The van der Waals surface area contributed by atoms with Crippen LogP contribution in [0.15, 0.2) is 0 Å². The molecule has 1 saturated heterocycles. The van der Waals surface area contributed by atoms with E-state index in [2.05, 4.69) is 0 Å². The highest BCUT2D eigenvalue weighted by Gasteiger charge is 2.18. The molecule has 0 amide bonds. The number of hydrogen-bond acceptors (Lipinski definition) is 4. The highest BCUT2D eigenvalue weighted by atomic mass is 32.2. The molecule has 0 aliphatic carbocycles. The predicted molar refractivity (Wildman–Crippen MR) is 33.7 cm³/mol. The fraction of sp³-hybridized carbons (Fsp3) is 0.800. The standard InChI is InChI=1S/C5H8O3S/c1-4(6)7-5-2-3-9-8-5/h5H,2-3H2,1H3. The monoisotopic (exact) mass is 148 g/mol. The fourth-order valence-corrected chi connectivity index (χ4v) is 1.25. The highest BCUT2D eigenvalue weighted by molar-refractivity contribution is 7.94. The van der Waals surface area contributed by atoms with Gasteiger partial charge in [0.15, 0.2) is 0 Å². The van der Waals surface area contributed by atoms with Crippen LogP contribution in [0.4, 0.5) is 0 Å². The van der Waals surface area contributed by atoms with Gasteiger partial charge in [-0.3, -0.25) is 8.98 Å². The van der Waals surface area contributed by atoms with Gasteiger partial charge in [-0.1, -0.05) is 0 Å². The lowest BCUT2D eigenvalue weighted by Crippen LogP contribution is -2.12. The predicted octanol–water partition coefficient (Wildman–Crippen LogP) is 0.944. The lowest BCUT2D eigenvalue weighted by molar-refractivity contribution is -0.157. The van der Waals surface area contributed by atoms with Crippen LogP contribution in [0.25, 0.3) is 0 Å². The molecule has 1 unspecified atom stereocenters. The summed E-state index contributed by atoms with van der Waals surface area (Å²) in [6.45, 7) is 1.38. The van der Waals surface area contributed by atoms with Crippen molar-refractivity contribution in [3.05, 3.63) is 0 Å². The van der Waals surface area contributed by atoms with Crippen molar-refractivity contribution in [1.29, 1.82) is 0 Å². The zero-order chi connectivity index (χ0) is 6.69. The van der Waals surface area contributed by atoms with Gasteiger partial charge in [0.1, 0.15) is 0 Å². The van der Waals surface area contributed by atoms with Gasteiger partial charge in [0, 0.05) is 19.1 Å². The summed E-state index contributed by atoms with van der Waals surface area (Å²) < 4.78 is 9.67. The molecule has 1 aliphatic heterocycles. The van der Waals surface area contributed by atoms with E-state index in [1.165, 1.54) is 19.0 Å². The van der Waals surface area contributed by atoms with Gasteiger partial charge in [-0.05, 0) is 12.0 Å². The Labute approximate surface area is 57.9 Å². The molecular formula is C5H8O3S. The number of carbonyl (C=O) groups excluding carboxylic acids is 1. The maximum atomic E-state index is 10.3. The second-order valence-corrected chi connectivity index (χ2v) is 2.58. The maximum absolute atomic E-state index is 10.3. The van der Waals surface area contributed by atoms with Gasteiger partial charge in [-0.2, -0.15) is 0 Å². The first kappa shape index (κ1) is 6.89. The van der Waals surface area contributed by atoms with Crippen molar-refractivity contribution in [3.8, 4) is 0 Å². The third-order valence-corrected chi connectivity index (χ3v) is 1.66. The number of esters is 1. The van der Waals surface area contributed by atoms with E-state index in [1.54, 1.807) is 0 Å². The molecule has 3 nitrogen and oxygen atoms in total. The fourth-order valence-electron chi connectivity index (χ4n) is 0.580. The minimum absolute atomic E-state index is 0.275. The first-order valence-electron chi connectivity index (χ1n) is 2.74. The van der Waals surface area contributed by atoms with Crippen LogP contribution in [0, 0.1) is 0 Å². The lowest BCUT2D eigenvalue weighted by atomic mass is 10.5. The Morgan fingerprint density at radius 1 is 1.89 bits per heavy atom. The summed E-state index contributed by atoms with van der Waals surface area (Å²) in [6, 6.07) is 0. The van der Waals surface area contributed by atoms with Crippen molar-refractivity contribution in [2.75, 3.05) is 5.75 Å². The molecule has 1 atom stereocenters. The zero-order valence-corrected chi connectivity index (χ0v) is 5.94. The Kier molecular flexibility index (Phi) is 2.36. The van der Waals surface area contributed by atoms with Gasteiger partial charge >= 0.3 is 5.97 Å². The third kappa shape index (κ3) is 2.24. The second-order valence-electron chi connectivity index (χ2n) is 1.75. The largest absolute Gasteiger partial charge is 0.435 e. The van der Waals surface area contributed by atoms with E-state index >= 15 is 0 Å². The summed E-state index contributed by atoms with van der Waals surface area (Å²) >= 11 is 1.35. The Morgan fingerprint density at radius 2 is 2.67 bits per heavy atom. The van der Waals surface area contributed by atoms with Crippen LogP contribution in [-0.2, 0) is 13.7 Å². The molecule has 1 aliphatic rings. The van der Waals surface area contributed by atoms with Gasteiger partial charge < -0.3 is 4.74 Å². The van der Waals surface area contributed by atoms with Gasteiger partial charge in [0.05, 0.1) is 0 Å². The van der Waals surface area contributed by atoms with Crippen LogP contribution >= 0.6 is 12.0 Å². The molecule has 0 aromatic carbocycles. The smallest absolute Gasteiger partial charge is 0.304 e. The average Bonchev–Trinajstić information content (AvgIpc) is 2.15. The molecule has 0 spiro atoms. The zero-order valence-electron chi connectivity index (χ0n) is 5.12. The average molecular weight is 148 g/mol. The Balaban J connectivity index is 2.19. The van der Waals surface area contributed by atoms with Crippen LogP contribution in [0.5, 0.6) is 0 Å². The molecular weight excluding hydrogens is 140 g/mol. The van der Waals surface area contributed by atoms with Gasteiger partial charge in [0.25, 0.3) is 0 Å². The molecule has 0 N–H and O–H groups in total. The minimum Gasteiger partial charge on any atom is -0.435 e. The second kappa shape index (κ2) is 3.08. The molecule has 52 valence electrons. The van der Waals surface area contributed by atoms with Crippen molar-refractivity contribution in [1.82, 2.24) is 0 Å². The number of ether oxygens (including phenoxy) is 1.